The van der Waals surface area contributed by atoms with Crippen molar-refractivity contribution in [1.29, 1.82) is 0 Å². The monoisotopic (exact) mass is 163 g/mol. The van der Waals surface area contributed by atoms with Crippen molar-refractivity contribution in [2.45, 2.75) is 19.3 Å². The molecule has 2 heteroatoms. The van der Waals surface area contributed by atoms with Crippen LogP contribution in [-0.4, -0.2) is 11.7 Å². The number of aromatic hydroxyl groups is 1. The molecule has 0 spiro atoms. The second kappa shape index (κ2) is 2.70. The standard InChI is InChI=1S/C10H13NO/c1-2-7-6-11-8-4-3-5-9(12)10(7)8/h3-5,7,11-12H,2,6H2,1H3. The summed E-state index contributed by atoms with van der Waals surface area (Å²) in [6.07, 6.45) is 1.08. The van der Waals surface area contributed by atoms with Crippen LogP contribution >= 0.6 is 0 Å². The maximum absolute atomic E-state index is 9.59. The van der Waals surface area contributed by atoms with Crippen molar-refractivity contribution < 1.29 is 5.11 Å². The molecule has 2 nitrogen and oxygen atoms in total. The molecule has 12 heavy (non-hydrogen) atoms. The molecule has 1 aromatic rings. The highest BCUT2D eigenvalue weighted by atomic mass is 16.3. The lowest BCUT2D eigenvalue weighted by Gasteiger charge is -2.07. The average molecular weight is 163 g/mol. The van der Waals surface area contributed by atoms with Gasteiger partial charge in [-0.3, -0.25) is 0 Å². The Bertz CT molecular complexity index is 296. The molecular formula is C10H13NO. The number of phenols is 1. The summed E-state index contributed by atoms with van der Waals surface area (Å²) in [6.45, 7) is 3.11. The first kappa shape index (κ1) is 7.47. The van der Waals surface area contributed by atoms with Gasteiger partial charge in [-0.2, -0.15) is 0 Å². The Kier molecular flexibility index (Phi) is 1.68. The van der Waals surface area contributed by atoms with Crippen molar-refractivity contribution in [2.24, 2.45) is 0 Å². The highest BCUT2D eigenvalue weighted by Gasteiger charge is 2.22. The molecule has 0 saturated carbocycles. The topological polar surface area (TPSA) is 32.3 Å². The van der Waals surface area contributed by atoms with Crippen LogP contribution in [0.1, 0.15) is 24.8 Å². The van der Waals surface area contributed by atoms with E-state index in [1.54, 1.807) is 6.07 Å². The van der Waals surface area contributed by atoms with Crippen molar-refractivity contribution in [1.82, 2.24) is 0 Å². The van der Waals surface area contributed by atoms with E-state index >= 15 is 0 Å². The quantitative estimate of drug-likeness (QED) is 0.665. The molecule has 1 aliphatic rings. The summed E-state index contributed by atoms with van der Waals surface area (Å²) in [5.41, 5.74) is 2.20. The van der Waals surface area contributed by atoms with Crippen LogP contribution in [0, 0.1) is 0 Å². The van der Waals surface area contributed by atoms with E-state index in [1.165, 1.54) is 0 Å². The van der Waals surface area contributed by atoms with Crippen LogP contribution in [0.15, 0.2) is 18.2 Å². The minimum atomic E-state index is 0.435. The normalized spacial score (nSPS) is 20.2. The van der Waals surface area contributed by atoms with Gasteiger partial charge in [0, 0.05) is 23.7 Å². The summed E-state index contributed by atoms with van der Waals surface area (Å²) in [6, 6.07) is 5.65. The number of fused-ring (bicyclic) bond motifs is 1. The van der Waals surface area contributed by atoms with Crippen molar-refractivity contribution in [3.63, 3.8) is 0 Å². The Labute approximate surface area is 72.2 Å². The molecule has 0 bridgehead atoms. The number of benzene rings is 1. The van der Waals surface area contributed by atoms with Crippen molar-refractivity contribution in [2.75, 3.05) is 11.9 Å². The Morgan fingerprint density at radius 1 is 1.58 bits per heavy atom. The second-order valence-electron chi connectivity index (χ2n) is 3.22. The zero-order chi connectivity index (χ0) is 8.55. The third-order valence-corrected chi connectivity index (χ3v) is 2.52. The van der Waals surface area contributed by atoms with Gasteiger partial charge in [-0.25, -0.2) is 0 Å². The first-order chi connectivity index (χ1) is 5.83. The second-order valence-corrected chi connectivity index (χ2v) is 3.22. The highest BCUT2D eigenvalue weighted by molar-refractivity contribution is 5.62. The predicted octanol–water partition coefficient (Wildman–Crippen LogP) is 2.31. The number of nitrogens with one attached hydrogen (secondary N) is 1. The van der Waals surface area contributed by atoms with Gasteiger partial charge in [-0.15, -0.1) is 0 Å². The fourth-order valence-corrected chi connectivity index (χ4v) is 1.82. The molecule has 1 aromatic carbocycles. The van der Waals surface area contributed by atoms with Crippen LogP contribution in [0.4, 0.5) is 5.69 Å². The van der Waals surface area contributed by atoms with Gasteiger partial charge in [0.2, 0.25) is 0 Å². The molecule has 1 unspecified atom stereocenters. The molecule has 0 aromatic heterocycles. The smallest absolute Gasteiger partial charge is 0.121 e. The molecule has 2 rings (SSSR count). The van der Waals surface area contributed by atoms with Crippen LogP contribution in [0.5, 0.6) is 5.75 Å². The summed E-state index contributed by atoms with van der Waals surface area (Å²) in [4.78, 5) is 0. The third-order valence-electron chi connectivity index (χ3n) is 2.52. The molecule has 0 amide bonds. The van der Waals surface area contributed by atoms with Crippen molar-refractivity contribution in [3.8, 4) is 5.75 Å². The number of anilines is 1. The number of phenolic OH excluding ortho intramolecular Hbond substituents is 1. The zero-order valence-corrected chi connectivity index (χ0v) is 7.17. The SMILES string of the molecule is CCC1CNc2cccc(O)c21. The molecule has 0 aliphatic carbocycles. The van der Waals surface area contributed by atoms with Crippen LogP contribution in [0.3, 0.4) is 0 Å². The Morgan fingerprint density at radius 2 is 2.42 bits per heavy atom. The van der Waals surface area contributed by atoms with Crippen LogP contribution in [0.25, 0.3) is 0 Å². The van der Waals surface area contributed by atoms with Crippen LogP contribution in [-0.2, 0) is 0 Å². The minimum Gasteiger partial charge on any atom is -0.508 e. The Balaban J connectivity index is 2.48. The molecule has 1 atom stereocenters. The van der Waals surface area contributed by atoms with E-state index in [0.29, 0.717) is 11.7 Å². The highest BCUT2D eigenvalue weighted by Crippen LogP contribution is 2.39. The van der Waals surface area contributed by atoms with Crippen LogP contribution < -0.4 is 5.32 Å². The van der Waals surface area contributed by atoms with Gasteiger partial charge in [-0.1, -0.05) is 13.0 Å². The molecule has 0 fully saturated rings. The fraction of sp³-hybridized carbons (Fsp3) is 0.400. The minimum absolute atomic E-state index is 0.435. The fourth-order valence-electron chi connectivity index (χ4n) is 1.82. The van der Waals surface area contributed by atoms with Gasteiger partial charge in [0.25, 0.3) is 0 Å². The van der Waals surface area contributed by atoms with Gasteiger partial charge >= 0.3 is 0 Å². The summed E-state index contributed by atoms with van der Waals surface area (Å²) in [7, 11) is 0. The lowest BCUT2D eigenvalue weighted by atomic mass is 9.98. The average Bonchev–Trinajstić information content (AvgIpc) is 2.49. The summed E-state index contributed by atoms with van der Waals surface area (Å²) in [5, 5.41) is 12.9. The molecule has 0 saturated heterocycles. The summed E-state index contributed by atoms with van der Waals surface area (Å²) in [5.74, 6) is 0.922. The van der Waals surface area contributed by atoms with Gasteiger partial charge in [0.1, 0.15) is 5.75 Å². The van der Waals surface area contributed by atoms with Gasteiger partial charge in [0.05, 0.1) is 0 Å². The largest absolute Gasteiger partial charge is 0.508 e. The zero-order valence-electron chi connectivity index (χ0n) is 7.17. The summed E-state index contributed by atoms with van der Waals surface area (Å²) < 4.78 is 0. The lowest BCUT2D eigenvalue weighted by molar-refractivity contribution is 0.464. The summed E-state index contributed by atoms with van der Waals surface area (Å²) >= 11 is 0. The molecule has 1 heterocycles. The van der Waals surface area contributed by atoms with Crippen molar-refractivity contribution >= 4 is 5.69 Å². The molecule has 2 N–H and O–H groups in total. The van der Waals surface area contributed by atoms with E-state index in [2.05, 4.69) is 12.2 Å². The Hall–Kier alpha value is -1.18. The molecule has 1 aliphatic heterocycles. The molecule has 0 radical (unpaired) electrons. The third kappa shape index (κ3) is 0.951. The van der Waals surface area contributed by atoms with E-state index in [1.807, 2.05) is 12.1 Å². The first-order valence-electron chi connectivity index (χ1n) is 4.38. The van der Waals surface area contributed by atoms with Gasteiger partial charge in [-0.05, 0) is 18.6 Å². The van der Waals surface area contributed by atoms with E-state index in [-0.39, 0.29) is 0 Å². The molecule has 64 valence electrons. The number of rotatable bonds is 1. The van der Waals surface area contributed by atoms with Crippen LogP contribution in [0.2, 0.25) is 0 Å². The van der Waals surface area contributed by atoms with Crippen molar-refractivity contribution in [3.05, 3.63) is 23.8 Å². The van der Waals surface area contributed by atoms with Gasteiger partial charge in [0.15, 0.2) is 0 Å². The van der Waals surface area contributed by atoms with E-state index in [4.69, 9.17) is 0 Å². The predicted molar refractivity (Wildman–Crippen MR) is 49.6 cm³/mol. The van der Waals surface area contributed by atoms with E-state index in [0.717, 1.165) is 24.2 Å². The maximum atomic E-state index is 9.59. The Morgan fingerprint density at radius 3 is 3.17 bits per heavy atom. The first-order valence-corrected chi connectivity index (χ1v) is 4.38. The lowest BCUT2D eigenvalue weighted by Crippen LogP contribution is -1.99. The van der Waals surface area contributed by atoms with E-state index < -0.39 is 0 Å². The maximum Gasteiger partial charge on any atom is 0.121 e. The molecular weight excluding hydrogens is 150 g/mol. The van der Waals surface area contributed by atoms with E-state index in [9.17, 15) is 5.11 Å². The van der Waals surface area contributed by atoms with Gasteiger partial charge < -0.3 is 10.4 Å². The number of hydrogen-bond acceptors (Lipinski definition) is 2. The number of hydrogen-bond donors (Lipinski definition) is 2.